The number of aromatic amines is 1. The molecule has 0 atom stereocenters. The molecule has 5 rings (SSSR count). The molecule has 222 valence electrons. The standard InChI is InChI=1S/C26H35F2N9O4/c1-2-20(38)34-5-3-18(4-6-34)16-41-17-21(39)35-7-9-36(10-8-35)25-30-24(19-15-29-33-22(19)23(27)28)31-26(32-25)37-11-13-40-14-12-37/h2,15,18,23H,1,3-14,16-17H2,(H,29,33). The number of piperazine rings is 1. The van der Waals surface area contributed by atoms with E-state index in [0.29, 0.717) is 90.0 Å². The number of anilines is 2. The Bertz CT molecular complexity index is 1210. The van der Waals surface area contributed by atoms with Gasteiger partial charge in [-0.2, -0.15) is 20.1 Å². The summed E-state index contributed by atoms with van der Waals surface area (Å²) in [6.07, 6.45) is 1.55. The van der Waals surface area contributed by atoms with Crippen LogP contribution in [-0.4, -0.2) is 126 Å². The number of piperidine rings is 1. The molecule has 41 heavy (non-hydrogen) atoms. The smallest absolute Gasteiger partial charge is 0.280 e. The average Bonchev–Trinajstić information content (AvgIpc) is 3.52. The highest BCUT2D eigenvalue weighted by atomic mass is 19.3. The number of alkyl halides is 2. The first-order valence-corrected chi connectivity index (χ1v) is 13.8. The molecule has 2 aromatic heterocycles. The van der Waals surface area contributed by atoms with Crippen LogP contribution in [0.15, 0.2) is 18.9 Å². The zero-order valence-corrected chi connectivity index (χ0v) is 22.9. The van der Waals surface area contributed by atoms with E-state index in [0.717, 1.165) is 12.8 Å². The highest BCUT2D eigenvalue weighted by Crippen LogP contribution is 2.29. The van der Waals surface area contributed by atoms with E-state index in [1.54, 1.807) is 9.80 Å². The van der Waals surface area contributed by atoms with Crippen molar-refractivity contribution in [3.8, 4) is 11.4 Å². The molecule has 3 saturated heterocycles. The van der Waals surface area contributed by atoms with E-state index in [2.05, 4.69) is 31.7 Å². The molecule has 2 aromatic rings. The van der Waals surface area contributed by atoms with Gasteiger partial charge in [0.1, 0.15) is 12.3 Å². The number of carbonyl (C=O) groups excluding carboxylic acids is 2. The third-order valence-corrected chi connectivity index (χ3v) is 7.63. The summed E-state index contributed by atoms with van der Waals surface area (Å²) in [6.45, 7) is 9.38. The van der Waals surface area contributed by atoms with Gasteiger partial charge in [0.2, 0.25) is 23.7 Å². The summed E-state index contributed by atoms with van der Waals surface area (Å²) < 4.78 is 38.3. The normalized spacial score (nSPS) is 18.7. The van der Waals surface area contributed by atoms with Gasteiger partial charge in [0.25, 0.3) is 6.43 Å². The molecule has 0 bridgehead atoms. The lowest BCUT2D eigenvalue weighted by molar-refractivity contribution is -0.137. The summed E-state index contributed by atoms with van der Waals surface area (Å²) in [5, 5.41) is 6.12. The molecular weight excluding hydrogens is 540 g/mol. The van der Waals surface area contributed by atoms with Crippen molar-refractivity contribution in [3.05, 3.63) is 24.5 Å². The maximum Gasteiger partial charge on any atom is 0.280 e. The Morgan fingerprint density at radius 1 is 1.00 bits per heavy atom. The maximum atomic E-state index is 13.6. The van der Waals surface area contributed by atoms with Crippen molar-refractivity contribution >= 4 is 23.7 Å². The van der Waals surface area contributed by atoms with Crippen LogP contribution >= 0.6 is 0 Å². The van der Waals surface area contributed by atoms with Crippen LogP contribution in [-0.2, 0) is 19.1 Å². The third kappa shape index (κ3) is 6.96. The van der Waals surface area contributed by atoms with Crippen LogP contribution in [0, 0.1) is 5.92 Å². The number of likely N-dealkylation sites (tertiary alicyclic amines) is 1. The monoisotopic (exact) mass is 575 g/mol. The van der Waals surface area contributed by atoms with Crippen molar-refractivity contribution in [2.45, 2.75) is 19.3 Å². The molecular formula is C26H35F2N9O4. The van der Waals surface area contributed by atoms with Crippen LogP contribution in [0.1, 0.15) is 25.0 Å². The molecule has 0 unspecified atom stereocenters. The summed E-state index contributed by atoms with van der Waals surface area (Å²) in [4.78, 5) is 45.6. The number of halogens is 2. The molecule has 3 aliphatic heterocycles. The van der Waals surface area contributed by atoms with Crippen LogP contribution in [0.3, 0.4) is 0 Å². The van der Waals surface area contributed by atoms with Gasteiger partial charge in [-0.05, 0) is 24.8 Å². The third-order valence-electron chi connectivity index (χ3n) is 7.63. The number of carbonyl (C=O) groups is 2. The zero-order chi connectivity index (χ0) is 28.8. The fourth-order valence-corrected chi connectivity index (χ4v) is 5.17. The molecule has 0 spiro atoms. The molecule has 0 radical (unpaired) electrons. The van der Waals surface area contributed by atoms with Gasteiger partial charge in [-0.1, -0.05) is 6.58 Å². The number of nitrogens with one attached hydrogen (secondary N) is 1. The van der Waals surface area contributed by atoms with Gasteiger partial charge in [-0.15, -0.1) is 0 Å². The van der Waals surface area contributed by atoms with Crippen molar-refractivity contribution in [3.63, 3.8) is 0 Å². The van der Waals surface area contributed by atoms with Gasteiger partial charge in [0.15, 0.2) is 5.82 Å². The number of amides is 2. The van der Waals surface area contributed by atoms with E-state index in [1.165, 1.54) is 12.3 Å². The summed E-state index contributed by atoms with van der Waals surface area (Å²) >= 11 is 0. The largest absolute Gasteiger partial charge is 0.378 e. The molecule has 0 aliphatic carbocycles. The number of ether oxygens (including phenoxy) is 2. The number of hydrogen-bond acceptors (Lipinski definition) is 10. The second-order valence-corrected chi connectivity index (χ2v) is 10.2. The maximum absolute atomic E-state index is 13.6. The summed E-state index contributed by atoms with van der Waals surface area (Å²) in [6, 6.07) is 0. The van der Waals surface area contributed by atoms with Gasteiger partial charge in [-0.25, -0.2) is 8.78 Å². The van der Waals surface area contributed by atoms with Gasteiger partial charge in [0.05, 0.1) is 31.6 Å². The van der Waals surface area contributed by atoms with Crippen LogP contribution in [0.2, 0.25) is 0 Å². The van der Waals surface area contributed by atoms with Crippen LogP contribution < -0.4 is 9.80 Å². The minimum absolute atomic E-state index is 0.000217. The van der Waals surface area contributed by atoms with Crippen molar-refractivity contribution in [2.75, 3.05) is 88.6 Å². The molecule has 3 aliphatic rings. The first kappa shape index (κ1) is 28.8. The van der Waals surface area contributed by atoms with Gasteiger partial charge in [0, 0.05) is 52.4 Å². The predicted molar refractivity (Wildman–Crippen MR) is 145 cm³/mol. The quantitative estimate of drug-likeness (QED) is 0.434. The second-order valence-electron chi connectivity index (χ2n) is 10.2. The lowest BCUT2D eigenvalue weighted by atomic mass is 9.98. The fourth-order valence-electron chi connectivity index (χ4n) is 5.17. The first-order chi connectivity index (χ1) is 19.9. The Kier molecular flexibility index (Phi) is 9.34. The van der Waals surface area contributed by atoms with Crippen molar-refractivity contribution in [2.24, 2.45) is 5.92 Å². The van der Waals surface area contributed by atoms with Crippen molar-refractivity contribution in [1.29, 1.82) is 0 Å². The minimum atomic E-state index is -2.76. The SMILES string of the molecule is C=CC(=O)N1CCC(COCC(=O)N2CCN(c3nc(-c4cn[nH]c4C(F)F)nc(N4CCOCC4)n3)CC2)CC1. The van der Waals surface area contributed by atoms with Crippen molar-refractivity contribution in [1.82, 2.24) is 34.9 Å². The Labute approximate surface area is 236 Å². The first-order valence-electron chi connectivity index (χ1n) is 13.8. The Morgan fingerprint density at radius 3 is 2.29 bits per heavy atom. The van der Waals surface area contributed by atoms with Gasteiger partial charge in [-0.3, -0.25) is 14.7 Å². The summed E-state index contributed by atoms with van der Waals surface area (Å²) in [7, 11) is 0. The Morgan fingerprint density at radius 2 is 1.66 bits per heavy atom. The molecule has 5 heterocycles. The van der Waals surface area contributed by atoms with Crippen LogP contribution in [0.5, 0.6) is 0 Å². The predicted octanol–water partition coefficient (Wildman–Crippen LogP) is 1.13. The zero-order valence-electron chi connectivity index (χ0n) is 22.9. The van der Waals surface area contributed by atoms with E-state index < -0.39 is 6.43 Å². The van der Waals surface area contributed by atoms with Gasteiger partial charge < -0.3 is 29.1 Å². The van der Waals surface area contributed by atoms with E-state index in [4.69, 9.17) is 9.47 Å². The van der Waals surface area contributed by atoms with E-state index >= 15 is 0 Å². The molecule has 2 amide bonds. The minimum Gasteiger partial charge on any atom is -0.378 e. The lowest BCUT2D eigenvalue weighted by Crippen LogP contribution is -2.50. The number of rotatable bonds is 9. The number of hydrogen-bond donors (Lipinski definition) is 1. The highest BCUT2D eigenvalue weighted by molar-refractivity contribution is 5.87. The Balaban J connectivity index is 1.17. The average molecular weight is 576 g/mol. The molecule has 0 saturated carbocycles. The topological polar surface area (TPSA) is 133 Å². The van der Waals surface area contributed by atoms with Crippen molar-refractivity contribution < 1.29 is 27.8 Å². The number of aromatic nitrogens is 5. The summed E-state index contributed by atoms with van der Waals surface area (Å²) in [5.74, 6) is 1.04. The number of nitrogens with zero attached hydrogens (tertiary/aromatic N) is 8. The number of morpholine rings is 1. The van der Waals surface area contributed by atoms with Crippen LogP contribution in [0.4, 0.5) is 20.7 Å². The van der Waals surface area contributed by atoms with Crippen LogP contribution in [0.25, 0.3) is 11.4 Å². The molecule has 0 aromatic carbocycles. The Hall–Kier alpha value is -3.72. The van der Waals surface area contributed by atoms with E-state index in [9.17, 15) is 18.4 Å². The molecule has 3 fully saturated rings. The summed E-state index contributed by atoms with van der Waals surface area (Å²) in [5.41, 5.74) is -0.219. The molecule has 13 nitrogen and oxygen atoms in total. The number of H-pyrrole nitrogens is 1. The molecule has 1 N–H and O–H groups in total. The van der Waals surface area contributed by atoms with E-state index in [1.807, 2.05) is 9.80 Å². The second kappa shape index (κ2) is 13.3. The van der Waals surface area contributed by atoms with Gasteiger partial charge >= 0.3 is 0 Å². The van der Waals surface area contributed by atoms with E-state index in [-0.39, 0.29) is 35.5 Å². The molecule has 15 heteroatoms. The lowest BCUT2D eigenvalue weighted by Gasteiger charge is -2.35. The highest BCUT2D eigenvalue weighted by Gasteiger charge is 2.28. The fraction of sp³-hybridized carbons (Fsp3) is 0.615.